The number of rotatable bonds is 5. The van der Waals surface area contributed by atoms with Gasteiger partial charge in [0, 0.05) is 35.9 Å². The summed E-state index contributed by atoms with van der Waals surface area (Å²) in [6, 6.07) is 12.3. The molecule has 0 amide bonds. The van der Waals surface area contributed by atoms with Gasteiger partial charge < -0.3 is 4.98 Å². The largest absolute Gasteiger partial charge is 0.326 e. The van der Waals surface area contributed by atoms with E-state index in [1.54, 1.807) is 6.07 Å². The molecule has 3 nitrogen and oxygen atoms in total. The molecule has 1 N–H and O–H groups in total. The van der Waals surface area contributed by atoms with Crippen molar-refractivity contribution in [3.8, 4) is 0 Å². The molecule has 2 bridgehead atoms. The van der Waals surface area contributed by atoms with Crippen molar-refractivity contribution >= 4 is 12.3 Å². The van der Waals surface area contributed by atoms with Crippen LogP contribution in [-0.2, 0) is 18.4 Å². The van der Waals surface area contributed by atoms with Crippen molar-refractivity contribution in [2.45, 2.75) is 52.0 Å². The quantitative estimate of drug-likeness (QED) is 0.504. The SMILES string of the molecule is CC=C1[C@H]2C=C(C)C[C@]1(N=CC=Cc1ccc(CCC)cc1)c1ccc(=O)[nH]c1C2. The number of aromatic nitrogens is 1. The number of hydrogen-bond acceptors (Lipinski definition) is 2. The highest BCUT2D eigenvalue weighted by Crippen LogP contribution is 2.51. The van der Waals surface area contributed by atoms with Gasteiger partial charge in [0.2, 0.25) is 5.56 Å². The van der Waals surface area contributed by atoms with E-state index in [1.807, 2.05) is 18.4 Å². The lowest BCUT2D eigenvalue weighted by molar-refractivity contribution is 0.413. The number of aromatic amines is 1. The van der Waals surface area contributed by atoms with E-state index in [9.17, 15) is 4.79 Å². The van der Waals surface area contributed by atoms with Crippen LogP contribution in [0.2, 0.25) is 0 Å². The maximum Gasteiger partial charge on any atom is 0.248 e. The lowest BCUT2D eigenvalue weighted by Crippen LogP contribution is -2.40. The molecular formula is C27H30N2O. The third kappa shape index (κ3) is 3.77. The van der Waals surface area contributed by atoms with E-state index in [0.717, 1.165) is 30.5 Å². The fourth-order valence-corrected chi connectivity index (χ4v) is 5.06. The molecule has 2 aliphatic rings. The molecule has 2 aliphatic carbocycles. The van der Waals surface area contributed by atoms with Gasteiger partial charge >= 0.3 is 0 Å². The molecule has 0 saturated heterocycles. The molecule has 0 spiro atoms. The van der Waals surface area contributed by atoms with Gasteiger partial charge in [-0.3, -0.25) is 9.79 Å². The number of fused-ring (bicyclic) bond motifs is 4. The summed E-state index contributed by atoms with van der Waals surface area (Å²) >= 11 is 0. The second kappa shape index (κ2) is 8.43. The van der Waals surface area contributed by atoms with Crippen molar-refractivity contribution < 1.29 is 0 Å². The van der Waals surface area contributed by atoms with Crippen LogP contribution in [0.1, 0.15) is 56.0 Å². The average molecular weight is 399 g/mol. The van der Waals surface area contributed by atoms with Crippen LogP contribution in [-0.4, -0.2) is 11.2 Å². The van der Waals surface area contributed by atoms with E-state index < -0.39 is 5.54 Å². The minimum atomic E-state index is -0.425. The number of nitrogens with zero attached hydrogens (tertiary/aromatic N) is 1. The number of nitrogens with one attached hydrogen (secondary N) is 1. The van der Waals surface area contributed by atoms with Gasteiger partial charge in [-0.1, -0.05) is 61.4 Å². The van der Waals surface area contributed by atoms with Gasteiger partial charge in [-0.25, -0.2) is 0 Å². The highest BCUT2D eigenvalue weighted by atomic mass is 16.1. The van der Waals surface area contributed by atoms with Gasteiger partial charge in [-0.2, -0.15) is 0 Å². The lowest BCUT2D eigenvalue weighted by Gasteiger charge is -2.45. The Kier molecular flexibility index (Phi) is 5.72. The molecule has 154 valence electrons. The molecule has 1 heterocycles. The predicted molar refractivity (Wildman–Crippen MR) is 126 cm³/mol. The molecule has 30 heavy (non-hydrogen) atoms. The van der Waals surface area contributed by atoms with E-state index in [1.165, 1.54) is 28.7 Å². The molecule has 2 aromatic rings. The summed E-state index contributed by atoms with van der Waals surface area (Å²) in [5, 5.41) is 0. The second-order valence-corrected chi connectivity index (χ2v) is 8.45. The molecule has 1 aromatic carbocycles. The molecule has 0 fully saturated rings. The van der Waals surface area contributed by atoms with Crippen molar-refractivity contribution in [3.05, 3.63) is 98.5 Å². The third-order valence-electron chi connectivity index (χ3n) is 6.27. The van der Waals surface area contributed by atoms with E-state index in [2.05, 4.69) is 68.2 Å². The molecule has 0 unspecified atom stereocenters. The normalized spacial score (nSPS) is 24.4. The van der Waals surface area contributed by atoms with Gasteiger partial charge in [0.05, 0.1) is 0 Å². The van der Waals surface area contributed by atoms with Crippen molar-refractivity contribution in [1.29, 1.82) is 0 Å². The van der Waals surface area contributed by atoms with Crippen LogP contribution in [0.25, 0.3) is 6.08 Å². The van der Waals surface area contributed by atoms with E-state index in [0.29, 0.717) is 5.92 Å². The molecule has 0 saturated carbocycles. The van der Waals surface area contributed by atoms with Crippen LogP contribution in [0, 0.1) is 5.92 Å². The van der Waals surface area contributed by atoms with E-state index in [4.69, 9.17) is 4.99 Å². The summed E-state index contributed by atoms with van der Waals surface area (Å²) in [7, 11) is 0. The van der Waals surface area contributed by atoms with Gasteiger partial charge in [0.15, 0.2) is 0 Å². The van der Waals surface area contributed by atoms with Crippen LogP contribution in [0.4, 0.5) is 0 Å². The first-order chi connectivity index (χ1) is 14.6. The highest BCUT2D eigenvalue weighted by molar-refractivity contribution is 5.79. The first-order valence-electron chi connectivity index (χ1n) is 10.9. The molecule has 1 aromatic heterocycles. The summed E-state index contributed by atoms with van der Waals surface area (Å²) in [5.41, 5.74) is 6.94. The van der Waals surface area contributed by atoms with E-state index >= 15 is 0 Å². The van der Waals surface area contributed by atoms with Crippen LogP contribution in [0.3, 0.4) is 0 Å². The van der Waals surface area contributed by atoms with Crippen molar-refractivity contribution in [1.82, 2.24) is 4.98 Å². The zero-order valence-corrected chi connectivity index (χ0v) is 18.1. The predicted octanol–water partition coefficient (Wildman–Crippen LogP) is 5.78. The standard InChI is InChI=1S/C27H30N2O/c1-4-7-20-9-11-21(12-10-20)8-6-15-28-27-18-19(3)16-22(23(27)5-2)17-25-24(27)13-14-26(30)29-25/h5-6,8-16,22H,4,7,17-18H2,1-3H3,(H,29,30)/t22-,27+/m0/s1. The van der Waals surface area contributed by atoms with Gasteiger partial charge in [0.1, 0.15) is 5.54 Å². The topological polar surface area (TPSA) is 45.2 Å². The molecule has 2 atom stereocenters. The van der Waals surface area contributed by atoms with E-state index in [-0.39, 0.29) is 5.56 Å². The summed E-state index contributed by atoms with van der Waals surface area (Å²) < 4.78 is 0. The smallest absolute Gasteiger partial charge is 0.248 e. The average Bonchev–Trinajstić information content (AvgIpc) is 2.72. The van der Waals surface area contributed by atoms with Gasteiger partial charge in [0.25, 0.3) is 0 Å². The Morgan fingerprint density at radius 1 is 1.20 bits per heavy atom. The minimum Gasteiger partial charge on any atom is -0.326 e. The fourth-order valence-electron chi connectivity index (χ4n) is 5.06. The lowest BCUT2D eigenvalue weighted by atomic mass is 9.63. The zero-order valence-electron chi connectivity index (χ0n) is 18.1. The highest BCUT2D eigenvalue weighted by Gasteiger charge is 2.46. The molecule has 3 heteroatoms. The minimum absolute atomic E-state index is 0.0398. The number of H-pyrrole nitrogens is 1. The number of allylic oxidation sites excluding steroid dienone is 3. The Morgan fingerprint density at radius 3 is 2.73 bits per heavy atom. The molecule has 0 aliphatic heterocycles. The summed E-state index contributed by atoms with van der Waals surface area (Å²) in [6.07, 6.45) is 14.6. The van der Waals surface area contributed by atoms with Crippen LogP contribution in [0.5, 0.6) is 0 Å². The maximum atomic E-state index is 11.9. The Labute approximate surface area is 179 Å². The summed E-state index contributed by atoms with van der Waals surface area (Å²) in [4.78, 5) is 20.1. The molecule has 4 rings (SSSR count). The third-order valence-corrected chi connectivity index (χ3v) is 6.27. The zero-order chi connectivity index (χ0) is 21.1. The Morgan fingerprint density at radius 2 is 2.00 bits per heavy atom. The van der Waals surface area contributed by atoms with Gasteiger partial charge in [-0.05, 0) is 55.5 Å². The van der Waals surface area contributed by atoms with Crippen molar-refractivity contribution in [2.24, 2.45) is 10.9 Å². The molecular weight excluding hydrogens is 368 g/mol. The van der Waals surface area contributed by atoms with Crippen LogP contribution >= 0.6 is 0 Å². The Bertz CT molecular complexity index is 1100. The molecule has 0 radical (unpaired) electrons. The Balaban J connectivity index is 1.68. The van der Waals surface area contributed by atoms with Crippen molar-refractivity contribution in [3.63, 3.8) is 0 Å². The summed E-state index contributed by atoms with van der Waals surface area (Å²) in [6.45, 7) is 6.49. The number of benzene rings is 1. The number of aliphatic imine (C=N–C) groups is 1. The number of pyridine rings is 1. The maximum absolute atomic E-state index is 11.9. The number of hydrogen-bond donors (Lipinski definition) is 1. The fraction of sp³-hybridized carbons (Fsp3) is 0.333. The monoisotopic (exact) mass is 398 g/mol. The van der Waals surface area contributed by atoms with Crippen LogP contribution in [0.15, 0.2) is 75.6 Å². The van der Waals surface area contributed by atoms with Crippen LogP contribution < -0.4 is 5.56 Å². The Hall–Kier alpha value is -2.94. The second-order valence-electron chi connectivity index (χ2n) is 8.45. The first-order valence-corrected chi connectivity index (χ1v) is 10.9. The summed E-state index contributed by atoms with van der Waals surface area (Å²) in [5.74, 6) is 0.293. The van der Waals surface area contributed by atoms with Gasteiger partial charge in [-0.15, -0.1) is 0 Å². The number of aryl methyl sites for hydroxylation is 1. The van der Waals surface area contributed by atoms with Crippen molar-refractivity contribution in [2.75, 3.05) is 0 Å². The first kappa shape index (κ1) is 20.3.